The first kappa shape index (κ1) is 15.9. The summed E-state index contributed by atoms with van der Waals surface area (Å²) in [6.45, 7) is 3.71. The van der Waals surface area contributed by atoms with E-state index in [1.54, 1.807) is 19.2 Å². The van der Waals surface area contributed by atoms with Gasteiger partial charge in [-0.05, 0) is 36.2 Å². The van der Waals surface area contributed by atoms with Gasteiger partial charge in [-0.15, -0.1) is 0 Å². The maximum atomic E-state index is 12.1. The van der Waals surface area contributed by atoms with E-state index in [9.17, 15) is 14.7 Å². The summed E-state index contributed by atoms with van der Waals surface area (Å²) in [7, 11) is 0. The van der Waals surface area contributed by atoms with Gasteiger partial charge in [-0.1, -0.05) is 19.1 Å². The molecule has 0 unspecified atom stereocenters. The summed E-state index contributed by atoms with van der Waals surface area (Å²) in [6, 6.07) is 7.67. The molecule has 1 amide bonds. The smallest absolute Gasteiger partial charge is 0.287 e. The van der Waals surface area contributed by atoms with Crippen LogP contribution in [-0.2, 0) is 4.79 Å². The molecule has 0 aliphatic rings. The highest BCUT2D eigenvalue weighted by molar-refractivity contribution is 5.95. The van der Waals surface area contributed by atoms with Crippen molar-refractivity contribution in [2.75, 3.05) is 0 Å². The fourth-order valence-electron chi connectivity index (χ4n) is 2.95. The molecule has 6 nitrogen and oxygen atoms in total. The zero-order valence-electron chi connectivity index (χ0n) is 13.3. The quantitative estimate of drug-likeness (QED) is 0.746. The van der Waals surface area contributed by atoms with Crippen LogP contribution in [0.4, 0.5) is 0 Å². The van der Waals surface area contributed by atoms with Gasteiger partial charge in [0.1, 0.15) is 0 Å². The highest BCUT2D eigenvalue weighted by atomic mass is 16.4. The van der Waals surface area contributed by atoms with Crippen molar-refractivity contribution in [3.63, 3.8) is 0 Å². The third-order valence-corrected chi connectivity index (χ3v) is 4.22. The third kappa shape index (κ3) is 2.78. The van der Waals surface area contributed by atoms with Crippen molar-refractivity contribution >= 4 is 22.8 Å². The van der Waals surface area contributed by atoms with Gasteiger partial charge in [0.15, 0.2) is 5.76 Å². The zero-order valence-corrected chi connectivity index (χ0v) is 13.3. The van der Waals surface area contributed by atoms with E-state index < -0.39 is 23.8 Å². The summed E-state index contributed by atoms with van der Waals surface area (Å²) >= 11 is 0. The lowest BCUT2D eigenvalue weighted by molar-refractivity contribution is -0.308. The number of fused-ring (bicyclic) bond motifs is 1. The summed E-state index contributed by atoms with van der Waals surface area (Å²) < 4.78 is 5.00. The second-order valence-electron chi connectivity index (χ2n) is 5.78. The molecular weight excluding hydrogens is 308 g/mol. The number of rotatable bonds is 5. The summed E-state index contributed by atoms with van der Waals surface area (Å²) in [6.07, 6.45) is 3.13. The first-order chi connectivity index (χ1) is 11.5. The first-order valence-electron chi connectivity index (χ1n) is 7.61. The summed E-state index contributed by atoms with van der Waals surface area (Å²) in [5.74, 6) is -2.35. The minimum Gasteiger partial charge on any atom is -0.548 e. The fraction of sp³-hybridized carbons (Fsp3) is 0.222. The van der Waals surface area contributed by atoms with Crippen LogP contribution < -0.4 is 10.4 Å². The first-order valence-corrected chi connectivity index (χ1v) is 7.61. The van der Waals surface area contributed by atoms with Crippen LogP contribution >= 0.6 is 0 Å². The lowest BCUT2D eigenvalue weighted by atomic mass is 9.91. The van der Waals surface area contributed by atoms with Crippen molar-refractivity contribution in [1.82, 2.24) is 10.3 Å². The number of aliphatic carboxylic acids is 1. The Hall–Kier alpha value is -3.02. The minimum absolute atomic E-state index is 0.0588. The molecule has 0 saturated heterocycles. The Bertz CT molecular complexity index is 880. The second kappa shape index (κ2) is 6.23. The zero-order chi connectivity index (χ0) is 17.3. The maximum absolute atomic E-state index is 12.1. The molecule has 0 bridgehead atoms. The number of carbonyl (C=O) groups is 2. The minimum atomic E-state index is -1.34. The number of carbonyl (C=O) groups excluding carboxylic acids is 2. The van der Waals surface area contributed by atoms with E-state index in [4.69, 9.17) is 4.42 Å². The Balaban J connectivity index is 1.93. The number of carboxylic acid groups (broad SMARTS) is 1. The van der Waals surface area contributed by atoms with Gasteiger partial charge in [0.2, 0.25) is 0 Å². The number of H-pyrrole nitrogens is 1. The molecule has 124 valence electrons. The van der Waals surface area contributed by atoms with E-state index in [2.05, 4.69) is 10.3 Å². The molecule has 3 aromatic rings. The molecule has 0 fully saturated rings. The topological polar surface area (TPSA) is 98.2 Å². The molecule has 0 radical (unpaired) electrons. The lowest BCUT2D eigenvalue weighted by Gasteiger charge is -2.25. The van der Waals surface area contributed by atoms with Crippen LogP contribution in [0.15, 0.2) is 47.2 Å². The number of benzene rings is 1. The van der Waals surface area contributed by atoms with Crippen LogP contribution in [0.3, 0.4) is 0 Å². The van der Waals surface area contributed by atoms with E-state index in [1.807, 2.05) is 25.1 Å². The molecule has 6 heteroatoms. The predicted molar refractivity (Wildman–Crippen MR) is 86.4 cm³/mol. The van der Waals surface area contributed by atoms with Gasteiger partial charge in [0.25, 0.3) is 5.91 Å². The van der Waals surface area contributed by atoms with Gasteiger partial charge in [0, 0.05) is 23.0 Å². The number of carboxylic acids is 1. The summed E-state index contributed by atoms with van der Waals surface area (Å²) in [5, 5.41) is 15.0. The molecule has 0 aliphatic carbocycles. The van der Waals surface area contributed by atoms with Crippen molar-refractivity contribution in [2.45, 2.75) is 25.8 Å². The number of aromatic amines is 1. The average molecular weight is 325 g/mol. The van der Waals surface area contributed by atoms with E-state index in [-0.39, 0.29) is 5.76 Å². The van der Waals surface area contributed by atoms with Crippen LogP contribution in [0.1, 0.15) is 34.5 Å². The largest absolute Gasteiger partial charge is 0.548 e. The molecule has 1 aromatic carbocycles. The number of aromatic nitrogens is 1. The van der Waals surface area contributed by atoms with Crippen LogP contribution in [0, 0.1) is 6.92 Å². The maximum Gasteiger partial charge on any atom is 0.287 e. The van der Waals surface area contributed by atoms with Crippen LogP contribution in [0.2, 0.25) is 0 Å². The molecule has 2 heterocycles. The van der Waals surface area contributed by atoms with Gasteiger partial charge in [-0.25, -0.2) is 0 Å². The molecule has 2 atom stereocenters. The van der Waals surface area contributed by atoms with Crippen LogP contribution in [-0.4, -0.2) is 22.9 Å². The molecule has 2 aromatic heterocycles. The Morgan fingerprint density at radius 2 is 2.04 bits per heavy atom. The number of nitrogens with one attached hydrogen (secondary N) is 2. The molecule has 0 aliphatic heterocycles. The van der Waals surface area contributed by atoms with Gasteiger partial charge in [0.05, 0.1) is 18.3 Å². The van der Waals surface area contributed by atoms with E-state index in [0.29, 0.717) is 0 Å². The predicted octanol–water partition coefficient (Wildman–Crippen LogP) is 1.72. The van der Waals surface area contributed by atoms with Crippen LogP contribution in [0.25, 0.3) is 10.9 Å². The molecule has 24 heavy (non-hydrogen) atoms. The van der Waals surface area contributed by atoms with E-state index in [1.165, 1.54) is 12.3 Å². The Labute approximate surface area is 138 Å². The van der Waals surface area contributed by atoms with Gasteiger partial charge in [-0.2, -0.15) is 0 Å². The van der Waals surface area contributed by atoms with E-state index in [0.717, 1.165) is 22.0 Å². The summed E-state index contributed by atoms with van der Waals surface area (Å²) in [5.41, 5.74) is 2.77. The molecule has 0 saturated carbocycles. The van der Waals surface area contributed by atoms with Crippen LogP contribution in [0.5, 0.6) is 0 Å². The fourth-order valence-corrected chi connectivity index (χ4v) is 2.95. The molecule has 3 rings (SSSR count). The molecule has 2 N–H and O–H groups in total. The Morgan fingerprint density at radius 1 is 1.25 bits per heavy atom. The van der Waals surface area contributed by atoms with Crippen molar-refractivity contribution in [1.29, 1.82) is 0 Å². The number of hydrogen-bond acceptors (Lipinski definition) is 4. The highest BCUT2D eigenvalue weighted by Gasteiger charge is 2.26. The number of hydrogen-bond donors (Lipinski definition) is 2. The average Bonchev–Trinajstić information content (AvgIpc) is 3.21. The number of amides is 1. The third-order valence-electron chi connectivity index (χ3n) is 4.22. The second-order valence-corrected chi connectivity index (χ2v) is 5.78. The normalized spacial score (nSPS) is 13.6. The molecule has 0 spiro atoms. The molecular formula is C18H17N2O4-. The number of furan rings is 1. The lowest BCUT2D eigenvalue weighted by Crippen LogP contribution is -2.50. The standard InChI is InChI=1S/C18H18N2O4/c1-10-5-3-6-13-15(10)12(9-19-13)11(2)16(18(22)23)20-17(21)14-7-4-8-24-14/h3-9,11,16,19H,1-2H3,(H,20,21)(H,22,23)/p-1/t11-,16+/m1/s1. The van der Waals surface area contributed by atoms with Crippen molar-refractivity contribution in [2.24, 2.45) is 0 Å². The van der Waals surface area contributed by atoms with Gasteiger partial charge >= 0.3 is 0 Å². The SMILES string of the molecule is Cc1cccc2[nH]cc([C@@H](C)[C@H](NC(=O)c3ccco3)C(=O)[O-])c12. The monoisotopic (exact) mass is 325 g/mol. The van der Waals surface area contributed by atoms with Gasteiger partial charge < -0.3 is 24.6 Å². The van der Waals surface area contributed by atoms with Crippen molar-refractivity contribution in [3.05, 3.63) is 59.7 Å². The van der Waals surface area contributed by atoms with Crippen molar-refractivity contribution < 1.29 is 19.1 Å². The Morgan fingerprint density at radius 3 is 2.71 bits per heavy atom. The highest BCUT2D eigenvalue weighted by Crippen LogP contribution is 2.30. The number of aryl methyl sites for hydroxylation is 1. The van der Waals surface area contributed by atoms with Crippen molar-refractivity contribution in [3.8, 4) is 0 Å². The Kier molecular flexibility index (Phi) is 4.12. The summed E-state index contributed by atoms with van der Waals surface area (Å²) in [4.78, 5) is 26.9. The van der Waals surface area contributed by atoms with Gasteiger partial charge in [-0.3, -0.25) is 4.79 Å². The van der Waals surface area contributed by atoms with E-state index >= 15 is 0 Å².